The van der Waals surface area contributed by atoms with E-state index < -0.39 is 5.54 Å². The smallest absolute Gasteiger partial charge is 0.287 e. The Morgan fingerprint density at radius 2 is 2.15 bits per heavy atom. The van der Waals surface area contributed by atoms with Crippen molar-refractivity contribution in [2.24, 2.45) is 0 Å². The lowest BCUT2D eigenvalue weighted by molar-refractivity contribution is 0.0862. The number of carbonyl (C=O) groups excluding carboxylic acids is 1. The van der Waals surface area contributed by atoms with Crippen LogP contribution in [0.3, 0.4) is 0 Å². The van der Waals surface area contributed by atoms with E-state index in [-0.39, 0.29) is 11.7 Å². The van der Waals surface area contributed by atoms with Crippen molar-refractivity contribution >= 4 is 21.8 Å². The molecule has 106 valence electrons. The van der Waals surface area contributed by atoms with Crippen LogP contribution in [0.2, 0.25) is 0 Å². The van der Waals surface area contributed by atoms with E-state index in [1.165, 1.54) is 0 Å². The van der Waals surface area contributed by atoms with Crippen molar-refractivity contribution in [3.63, 3.8) is 0 Å². The van der Waals surface area contributed by atoms with E-state index in [9.17, 15) is 4.79 Å². The standard InChI is InChI=1S/C13H14BrN3O3/c1-8-15-12(17-20-8)13(6-2-3-7-13)16-11(18)9-4-5-10(14)19-9/h4-5H,2-3,6-7H2,1H3,(H,16,18). The van der Waals surface area contributed by atoms with Crippen LogP contribution in [0, 0.1) is 6.92 Å². The normalized spacial score (nSPS) is 17.3. The monoisotopic (exact) mass is 339 g/mol. The molecule has 0 atom stereocenters. The summed E-state index contributed by atoms with van der Waals surface area (Å²) in [5.41, 5.74) is -0.548. The first kappa shape index (κ1) is 13.4. The van der Waals surface area contributed by atoms with E-state index in [1.807, 2.05) is 0 Å². The molecule has 1 N–H and O–H groups in total. The molecule has 0 bridgehead atoms. The maximum atomic E-state index is 12.3. The van der Waals surface area contributed by atoms with E-state index in [0.29, 0.717) is 16.4 Å². The highest BCUT2D eigenvalue weighted by Gasteiger charge is 2.41. The molecule has 1 aliphatic carbocycles. The van der Waals surface area contributed by atoms with Gasteiger partial charge in [0.1, 0.15) is 5.54 Å². The number of furan rings is 1. The maximum Gasteiger partial charge on any atom is 0.287 e. The molecule has 7 heteroatoms. The Bertz CT molecular complexity index is 628. The highest BCUT2D eigenvalue weighted by molar-refractivity contribution is 9.10. The predicted molar refractivity (Wildman–Crippen MR) is 73.1 cm³/mol. The van der Waals surface area contributed by atoms with Crippen molar-refractivity contribution in [1.29, 1.82) is 0 Å². The molecule has 0 aromatic carbocycles. The minimum Gasteiger partial charge on any atom is -0.444 e. The first-order valence-electron chi connectivity index (χ1n) is 6.48. The van der Waals surface area contributed by atoms with Crippen molar-refractivity contribution in [3.8, 4) is 0 Å². The summed E-state index contributed by atoms with van der Waals surface area (Å²) in [7, 11) is 0. The van der Waals surface area contributed by atoms with Gasteiger partial charge >= 0.3 is 0 Å². The lowest BCUT2D eigenvalue weighted by Gasteiger charge is -2.26. The summed E-state index contributed by atoms with van der Waals surface area (Å²) in [5, 5.41) is 6.99. The first-order chi connectivity index (χ1) is 9.59. The number of aryl methyl sites for hydroxylation is 1. The van der Waals surface area contributed by atoms with E-state index in [2.05, 4.69) is 31.4 Å². The third-order valence-electron chi connectivity index (χ3n) is 3.56. The van der Waals surface area contributed by atoms with E-state index in [1.54, 1.807) is 19.1 Å². The molecule has 20 heavy (non-hydrogen) atoms. The number of nitrogens with zero attached hydrogens (tertiary/aromatic N) is 2. The predicted octanol–water partition coefficient (Wildman–Crippen LogP) is 2.93. The second-order valence-electron chi connectivity index (χ2n) is 4.98. The lowest BCUT2D eigenvalue weighted by atomic mass is 9.96. The molecule has 1 aliphatic rings. The van der Waals surface area contributed by atoms with Gasteiger partial charge in [-0.3, -0.25) is 4.79 Å². The quantitative estimate of drug-likeness (QED) is 0.929. The van der Waals surface area contributed by atoms with Gasteiger partial charge in [0.15, 0.2) is 16.3 Å². The van der Waals surface area contributed by atoms with E-state index in [0.717, 1.165) is 25.7 Å². The van der Waals surface area contributed by atoms with Crippen molar-refractivity contribution in [2.45, 2.75) is 38.1 Å². The summed E-state index contributed by atoms with van der Waals surface area (Å²) in [5.74, 6) is 1.05. The second kappa shape index (κ2) is 5.05. The average molecular weight is 340 g/mol. The molecule has 0 spiro atoms. The third-order valence-corrected chi connectivity index (χ3v) is 3.99. The SMILES string of the molecule is Cc1nc(C2(NC(=O)c3ccc(Br)o3)CCCC2)no1. The highest BCUT2D eigenvalue weighted by atomic mass is 79.9. The molecule has 3 rings (SSSR count). The maximum absolute atomic E-state index is 12.3. The van der Waals surface area contributed by atoms with Gasteiger partial charge in [-0.25, -0.2) is 0 Å². The Labute approximate surface area is 124 Å². The summed E-state index contributed by atoms with van der Waals surface area (Å²) in [6, 6.07) is 3.32. The van der Waals surface area contributed by atoms with Crippen LogP contribution in [0.1, 0.15) is 48.0 Å². The zero-order valence-electron chi connectivity index (χ0n) is 11.0. The molecule has 0 aliphatic heterocycles. The Balaban J connectivity index is 1.86. The minimum atomic E-state index is -0.548. The summed E-state index contributed by atoms with van der Waals surface area (Å²) in [4.78, 5) is 16.6. The molecule has 0 radical (unpaired) electrons. The molecule has 1 fully saturated rings. The average Bonchev–Trinajstić information content (AvgIpc) is 3.10. The number of hydrogen-bond donors (Lipinski definition) is 1. The van der Waals surface area contributed by atoms with Crippen LogP contribution in [-0.2, 0) is 5.54 Å². The number of rotatable bonds is 3. The fourth-order valence-electron chi connectivity index (χ4n) is 2.59. The van der Waals surface area contributed by atoms with Gasteiger partial charge in [-0.05, 0) is 40.9 Å². The van der Waals surface area contributed by atoms with Gasteiger partial charge in [-0.2, -0.15) is 4.98 Å². The Kier molecular flexibility index (Phi) is 3.37. The van der Waals surface area contributed by atoms with Gasteiger partial charge in [-0.15, -0.1) is 0 Å². The number of carbonyl (C=O) groups is 1. The zero-order chi connectivity index (χ0) is 14.2. The molecule has 6 nitrogen and oxygen atoms in total. The molecule has 0 unspecified atom stereocenters. The van der Waals surface area contributed by atoms with Crippen LogP contribution in [0.4, 0.5) is 0 Å². The second-order valence-corrected chi connectivity index (χ2v) is 5.77. The fraction of sp³-hybridized carbons (Fsp3) is 0.462. The first-order valence-corrected chi connectivity index (χ1v) is 7.27. The molecule has 2 heterocycles. The Morgan fingerprint density at radius 1 is 1.40 bits per heavy atom. The molecule has 0 saturated heterocycles. The van der Waals surface area contributed by atoms with E-state index in [4.69, 9.17) is 8.94 Å². The van der Waals surface area contributed by atoms with Crippen molar-refractivity contribution in [1.82, 2.24) is 15.5 Å². The van der Waals surface area contributed by atoms with Crippen molar-refractivity contribution in [3.05, 3.63) is 34.3 Å². The van der Waals surface area contributed by atoms with Crippen LogP contribution in [0.25, 0.3) is 0 Å². The topological polar surface area (TPSA) is 81.2 Å². The number of hydrogen-bond acceptors (Lipinski definition) is 5. The van der Waals surface area contributed by atoms with Crippen LogP contribution >= 0.6 is 15.9 Å². The van der Waals surface area contributed by atoms with Crippen molar-refractivity contribution < 1.29 is 13.7 Å². The minimum absolute atomic E-state index is 0.264. The van der Waals surface area contributed by atoms with Gasteiger partial charge < -0.3 is 14.3 Å². The molecule has 1 amide bonds. The molecule has 1 saturated carbocycles. The van der Waals surface area contributed by atoms with Gasteiger partial charge in [0.2, 0.25) is 5.89 Å². The summed E-state index contributed by atoms with van der Waals surface area (Å²) in [6.45, 7) is 1.74. The van der Waals surface area contributed by atoms with Gasteiger partial charge in [-0.1, -0.05) is 18.0 Å². The van der Waals surface area contributed by atoms with Gasteiger partial charge in [0.05, 0.1) is 0 Å². The zero-order valence-corrected chi connectivity index (χ0v) is 12.6. The number of amides is 1. The number of halogens is 1. The lowest BCUT2D eigenvalue weighted by Crippen LogP contribution is -2.44. The van der Waals surface area contributed by atoms with Crippen LogP contribution in [-0.4, -0.2) is 16.0 Å². The van der Waals surface area contributed by atoms with E-state index >= 15 is 0 Å². The molecule has 2 aromatic heterocycles. The summed E-state index contributed by atoms with van der Waals surface area (Å²) in [6.07, 6.45) is 3.66. The summed E-state index contributed by atoms with van der Waals surface area (Å²) < 4.78 is 10.9. The van der Waals surface area contributed by atoms with Crippen LogP contribution < -0.4 is 5.32 Å². The number of aromatic nitrogens is 2. The van der Waals surface area contributed by atoms with Crippen molar-refractivity contribution in [2.75, 3.05) is 0 Å². The van der Waals surface area contributed by atoms with Gasteiger partial charge in [0, 0.05) is 6.92 Å². The molecular formula is C13H14BrN3O3. The summed E-state index contributed by atoms with van der Waals surface area (Å²) >= 11 is 3.19. The van der Waals surface area contributed by atoms with Crippen LogP contribution in [0.5, 0.6) is 0 Å². The fourth-order valence-corrected chi connectivity index (χ4v) is 2.90. The number of nitrogens with one attached hydrogen (secondary N) is 1. The Morgan fingerprint density at radius 3 is 2.70 bits per heavy atom. The molecule has 2 aromatic rings. The Hall–Kier alpha value is -1.63. The largest absolute Gasteiger partial charge is 0.444 e. The van der Waals surface area contributed by atoms with Crippen LogP contribution in [0.15, 0.2) is 25.7 Å². The third kappa shape index (κ3) is 2.37. The molecular weight excluding hydrogens is 326 g/mol. The van der Waals surface area contributed by atoms with Gasteiger partial charge in [0.25, 0.3) is 5.91 Å². The highest BCUT2D eigenvalue weighted by Crippen LogP contribution is 2.37.